The van der Waals surface area contributed by atoms with Crippen LogP contribution in [0.5, 0.6) is 11.5 Å². The molecule has 1 aliphatic rings. The molecule has 6 heteroatoms. The highest BCUT2D eigenvalue weighted by molar-refractivity contribution is 6.10. The van der Waals surface area contributed by atoms with Crippen molar-refractivity contribution in [3.63, 3.8) is 0 Å². The van der Waals surface area contributed by atoms with Crippen LogP contribution in [0.2, 0.25) is 0 Å². The Morgan fingerprint density at radius 2 is 1.72 bits per heavy atom. The third kappa shape index (κ3) is 3.64. The smallest absolute Gasteiger partial charge is 0.200 e. The normalized spacial score (nSPS) is 12.7. The maximum atomic E-state index is 13.4. The summed E-state index contributed by atoms with van der Waals surface area (Å²) >= 11 is 0. The summed E-state index contributed by atoms with van der Waals surface area (Å²) in [5, 5.41) is 0.370. The van der Waals surface area contributed by atoms with Gasteiger partial charge in [-0.1, -0.05) is 29.8 Å². The van der Waals surface area contributed by atoms with Crippen LogP contribution in [-0.2, 0) is 6.54 Å². The summed E-state index contributed by atoms with van der Waals surface area (Å²) in [6, 6.07) is 16.7. The van der Waals surface area contributed by atoms with E-state index in [2.05, 4.69) is 6.07 Å². The fraction of sp³-hybridized carbons (Fsp3) is 0.154. The largest absolute Gasteiger partial charge is 0.486 e. The summed E-state index contributed by atoms with van der Waals surface area (Å²) in [5.74, 6) is 0.151. The van der Waals surface area contributed by atoms with Crippen LogP contribution in [0.3, 0.4) is 0 Å². The zero-order valence-corrected chi connectivity index (χ0v) is 17.4. The number of aryl methyl sites for hydroxylation is 1. The van der Waals surface area contributed by atoms with Crippen molar-refractivity contribution in [1.82, 2.24) is 4.57 Å². The van der Waals surface area contributed by atoms with Crippen LogP contribution >= 0.6 is 0 Å². The number of aromatic nitrogens is 1. The molecule has 0 bridgehead atoms. The maximum absolute atomic E-state index is 13.4. The Labute approximate surface area is 183 Å². The van der Waals surface area contributed by atoms with Gasteiger partial charge in [0.15, 0.2) is 17.3 Å². The highest BCUT2D eigenvalue weighted by atomic mass is 19.1. The molecule has 5 rings (SSSR count). The van der Waals surface area contributed by atoms with E-state index < -0.39 is 17.0 Å². The lowest BCUT2D eigenvalue weighted by Gasteiger charge is -2.21. The minimum Gasteiger partial charge on any atom is -0.486 e. The zero-order chi connectivity index (χ0) is 22.2. The highest BCUT2D eigenvalue weighted by Crippen LogP contribution is 2.34. The Kier molecular flexibility index (Phi) is 4.98. The van der Waals surface area contributed by atoms with E-state index in [9.17, 15) is 14.0 Å². The monoisotopic (exact) mass is 429 g/mol. The summed E-state index contributed by atoms with van der Waals surface area (Å²) in [6.45, 7) is 3.30. The van der Waals surface area contributed by atoms with Gasteiger partial charge in [-0.25, -0.2) is 4.39 Å². The molecule has 2 heterocycles. The molecule has 0 unspecified atom stereocenters. The summed E-state index contributed by atoms with van der Waals surface area (Å²) in [5.41, 5.74) is 2.67. The van der Waals surface area contributed by atoms with E-state index in [1.807, 2.05) is 29.7 Å². The van der Waals surface area contributed by atoms with E-state index in [4.69, 9.17) is 9.47 Å². The quantitative estimate of drug-likeness (QED) is 0.448. The van der Waals surface area contributed by atoms with E-state index >= 15 is 0 Å². The topological polar surface area (TPSA) is 57.5 Å². The molecule has 5 nitrogen and oxygen atoms in total. The predicted molar refractivity (Wildman–Crippen MR) is 119 cm³/mol. The van der Waals surface area contributed by atoms with Gasteiger partial charge < -0.3 is 14.0 Å². The zero-order valence-electron chi connectivity index (χ0n) is 17.4. The molecule has 1 aromatic heterocycles. The van der Waals surface area contributed by atoms with Crippen LogP contribution in [0.15, 0.2) is 71.7 Å². The molecule has 160 valence electrons. The molecule has 1 aliphatic heterocycles. The van der Waals surface area contributed by atoms with E-state index in [0.29, 0.717) is 42.2 Å². The van der Waals surface area contributed by atoms with Crippen molar-refractivity contribution in [2.45, 2.75) is 13.5 Å². The Bertz CT molecular complexity index is 1410. The van der Waals surface area contributed by atoms with E-state index in [0.717, 1.165) is 11.1 Å². The van der Waals surface area contributed by atoms with E-state index in [1.54, 1.807) is 18.3 Å². The average Bonchev–Trinajstić information content (AvgIpc) is 2.80. The van der Waals surface area contributed by atoms with Crippen LogP contribution in [0.4, 0.5) is 4.39 Å². The van der Waals surface area contributed by atoms with Gasteiger partial charge in [0.2, 0.25) is 5.43 Å². The standard InChI is InChI=1S/C26H20FNO4/c1-16-3-2-4-17(11-16)14-28-15-21(25(29)18-5-7-19(27)8-6-18)26(30)20-12-23-24(13-22(20)28)32-10-9-31-23/h2-8,11-13,15H,9-10,14H2,1H3. The Balaban J connectivity index is 1.72. The number of hydrogen-bond acceptors (Lipinski definition) is 4. The Morgan fingerprint density at radius 1 is 1.00 bits per heavy atom. The minimum atomic E-state index is -0.454. The molecule has 0 spiro atoms. The molecule has 0 saturated carbocycles. The van der Waals surface area contributed by atoms with Crippen molar-refractivity contribution in [2.24, 2.45) is 0 Å². The number of benzene rings is 3. The van der Waals surface area contributed by atoms with Crippen molar-refractivity contribution in [3.8, 4) is 11.5 Å². The summed E-state index contributed by atoms with van der Waals surface area (Å²) in [6.07, 6.45) is 1.58. The second kappa shape index (κ2) is 7.96. The highest BCUT2D eigenvalue weighted by Gasteiger charge is 2.21. The molecular formula is C26H20FNO4. The minimum absolute atomic E-state index is 0.0217. The van der Waals surface area contributed by atoms with Crippen LogP contribution in [0, 0.1) is 12.7 Å². The first-order valence-corrected chi connectivity index (χ1v) is 10.3. The number of nitrogens with zero attached hydrogens (tertiary/aromatic N) is 1. The maximum Gasteiger partial charge on any atom is 0.200 e. The van der Waals surface area contributed by atoms with E-state index in [1.165, 1.54) is 24.3 Å². The fourth-order valence-electron chi connectivity index (χ4n) is 3.98. The third-order valence-corrected chi connectivity index (χ3v) is 5.53. The van der Waals surface area contributed by atoms with Crippen LogP contribution in [-0.4, -0.2) is 23.6 Å². The van der Waals surface area contributed by atoms with Crippen molar-refractivity contribution in [2.75, 3.05) is 13.2 Å². The molecule has 0 amide bonds. The number of ether oxygens (including phenoxy) is 2. The molecule has 0 aliphatic carbocycles. The predicted octanol–water partition coefficient (Wildman–Crippen LogP) is 4.50. The summed E-state index contributed by atoms with van der Waals surface area (Å²) in [7, 11) is 0. The molecule has 0 N–H and O–H groups in total. The average molecular weight is 429 g/mol. The van der Waals surface area contributed by atoms with Gasteiger partial charge in [0, 0.05) is 24.4 Å². The lowest BCUT2D eigenvalue weighted by Crippen LogP contribution is -2.21. The molecule has 0 atom stereocenters. The molecule has 3 aromatic carbocycles. The fourth-order valence-corrected chi connectivity index (χ4v) is 3.98. The number of rotatable bonds is 4. The van der Waals surface area contributed by atoms with Gasteiger partial charge in [0.1, 0.15) is 19.0 Å². The molecule has 0 fully saturated rings. The Morgan fingerprint density at radius 3 is 2.44 bits per heavy atom. The van der Waals surface area contributed by atoms with Crippen LogP contribution in [0.1, 0.15) is 27.0 Å². The number of carbonyl (C=O) groups is 1. The Hall–Kier alpha value is -3.93. The molecule has 32 heavy (non-hydrogen) atoms. The number of fused-ring (bicyclic) bond motifs is 2. The van der Waals surface area contributed by atoms with Crippen molar-refractivity contribution in [3.05, 3.63) is 105 Å². The molecule has 0 saturated heterocycles. The van der Waals surface area contributed by atoms with Crippen LogP contribution in [0.25, 0.3) is 10.9 Å². The lowest BCUT2D eigenvalue weighted by atomic mass is 10.0. The number of pyridine rings is 1. The molecule has 4 aromatic rings. The van der Waals surface area contributed by atoms with Gasteiger partial charge in [-0.3, -0.25) is 9.59 Å². The first-order valence-electron chi connectivity index (χ1n) is 10.3. The van der Waals surface area contributed by atoms with Gasteiger partial charge >= 0.3 is 0 Å². The first kappa shape index (κ1) is 20.0. The van der Waals surface area contributed by atoms with Gasteiger partial charge in [-0.2, -0.15) is 0 Å². The van der Waals surface area contributed by atoms with Crippen molar-refractivity contribution < 1.29 is 18.7 Å². The van der Waals surface area contributed by atoms with Gasteiger partial charge in [-0.05, 0) is 42.8 Å². The molecular weight excluding hydrogens is 409 g/mol. The summed E-state index contributed by atoms with van der Waals surface area (Å²) < 4.78 is 26.6. The first-order chi connectivity index (χ1) is 15.5. The third-order valence-electron chi connectivity index (χ3n) is 5.53. The number of ketones is 1. The number of hydrogen-bond donors (Lipinski definition) is 0. The van der Waals surface area contributed by atoms with Gasteiger partial charge in [0.25, 0.3) is 0 Å². The second-order valence-corrected chi connectivity index (χ2v) is 7.84. The number of carbonyl (C=O) groups excluding carboxylic acids is 1. The number of halogens is 1. The van der Waals surface area contributed by atoms with Crippen LogP contribution < -0.4 is 14.9 Å². The summed E-state index contributed by atoms with van der Waals surface area (Å²) in [4.78, 5) is 26.5. The van der Waals surface area contributed by atoms with E-state index in [-0.39, 0.29) is 11.1 Å². The molecule has 0 radical (unpaired) electrons. The SMILES string of the molecule is Cc1cccc(Cn2cc(C(=O)c3ccc(F)cc3)c(=O)c3cc4c(cc32)OCCO4)c1. The van der Waals surface area contributed by atoms with Gasteiger partial charge in [-0.15, -0.1) is 0 Å². The lowest BCUT2D eigenvalue weighted by molar-refractivity contribution is 0.103. The van der Waals surface area contributed by atoms with Crippen molar-refractivity contribution in [1.29, 1.82) is 0 Å². The van der Waals surface area contributed by atoms with Gasteiger partial charge in [0.05, 0.1) is 16.5 Å². The van der Waals surface area contributed by atoms with Crippen molar-refractivity contribution >= 4 is 16.7 Å². The second-order valence-electron chi connectivity index (χ2n) is 7.84.